The van der Waals surface area contributed by atoms with Crippen molar-refractivity contribution in [2.45, 2.75) is 6.92 Å². The molecule has 0 aliphatic carbocycles. The summed E-state index contributed by atoms with van der Waals surface area (Å²) >= 11 is 0. The van der Waals surface area contributed by atoms with Crippen molar-refractivity contribution in [3.63, 3.8) is 0 Å². The molecule has 10 heteroatoms. The lowest BCUT2D eigenvalue weighted by Crippen LogP contribution is -2.50. The Balaban J connectivity index is 1.36. The maximum absolute atomic E-state index is 12.7. The van der Waals surface area contributed by atoms with E-state index in [0.717, 1.165) is 11.5 Å². The van der Waals surface area contributed by atoms with Gasteiger partial charge >= 0.3 is 6.03 Å². The molecule has 10 nitrogen and oxygen atoms in total. The maximum atomic E-state index is 12.7. The molecule has 0 bridgehead atoms. The van der Waals surface area contributed by atoms with E-state index in [1.54, 1.807) is 35.9 Å². The summed E-state index contributed by atoms with van der Waals surface area (Å²) < 4.78 is 12.4. The Morgan fingerprint density at radius 3 is 2.32 bits per heavy atom. The fraction of sp³-hybridized carbons (Fsp3) is 0.333. The summed E-state index contributed by atoms with van der Waals surface area (Å²) in [5.74, 6) is 2.52. The predicted molar refractivity (Wildman–Crippen MR) is 116 cm³/mol. The van der Waals surface area contributed by atoms with Crippen molar-refractivity contribution < 1.29 is 14.3 Å². The van der Waals surface area contributed by atoms with Gasteiger partial charge < -0.3 is 24.6 Å². The van der Waals surface area contributed by atoms with E-state index in [1.165, 1.54) is 0 Å². The highest BCUT2D eigenvalue weighted by Crippen LogP contribution is 2.34. The third-order valence-corrected chi connectivity index (χ3v) is 5.13. The topological polar surface area (TPSA) is 97.6 Å². The van der Waals surface area contributed by atoms with Crippen LogP contribution in [0.3, 0.4) is 0 Å². The number of rotatable bonds is 5. The van der Waals surface area contributed by atoms with Gasteiger partial charge in [0.25, 0.3) is 0 Å². The fourth-order valence-electron chi connectivity index (χ4n) is 3.47. The summed E-state index contributed by atoms with van der Waals surface area (Å²) in [5.41, 5.74) is 1.50. The van der Waals surface area contributed by atoms with Crippen LogP contribution in [-0.2, 0) is 0 Å². The summed E-state index contributed by atoms with van der Waals surface area (Å²) in [7, 11) is 3.11. The Morgan fingerprint density at radius 1 is 0.968 bits per heavy atom. The highest BCUT2D eigenvalue weighted by atomic mass is 16.5. The van der Waals surface area contributed by atoms with Crippen molar-refractivity contribution in [3.05, 3.63) is 48.3 Å². The van der Waals surface area contributed by atoms with Crippen molar-refractivity contribution in [3.8, 4) is 17.3 Å². The first-order valence-electron chi connectivity index (χ1n) is 9.97. The Labute approximate surface area is 180 Å². The lowest BCUT2D eigenvalue weighted by atomic mass is 10.2. The summed E-state index contributed by atoms with van der Waals surface area (Å²) in [5, 5.41) is 15.9. The second-order valence-corrected chi connectivity index (χ2v) is 7.10. The zero-order valence-electron chi connectivity index (χ0n) is 17.8. The molecular weight excluding hydrogens is 398 g/mol. The molecule has 1 aliphatic rings. The number of aromatic nitrogens is 4. The van der Waals surface area contributed by atoms with Crippen molar-refractivity contribution in [2.24, 2.45) is 0 Å². The van der Waals surface area contributed by atoms with Gasteiger partial charge in [-0.25, -0.2) is 9.48 Å². The molecule has 0 atom stereocenters. The number of nitrogens with zero attached hydrogens (tertiary/aromatic N) is 6. The van der Waals surface area contributed by atoms with Crippen LogP contribution in [0.1, 0.15) is 5.69 Å². The average Bonchev–Trinajstić information content (AvgIpc) is 3.25. The number of ether oxygens (including phenoxy) is 2. The minimum Gasteiger partial charge on any atom is -0.493 e. The van der Waals surface area contributed by atoms with Crippen LogP contribution in [0.5, 0.6) is 11.5 Å². The van der Waals surface area contributed by atoms with E-state index in [0.29, 0.717) is 49.2 Å². The van der Waals surface area contributed by atoms with Crippen molar-refractivity contribution in [1.82, 2.24) is 24.9 Å². The van der Waals surface area contributed by atoms with Gasteiger partial charge in [-0.15, -0.1) is 10.2 Å². The Bertz CT molecular complexity index is 1040. The zero-order valence-corrected chi connectivity index (χ0v) is 17.8. The number of piperazine rings is 1. The van der Waals surface area contributed by atoms with Gasteiger partial charge in [-0.1, -0.05) is 6.07 Å². The molecule has 3 aromatic rings. The average molecular weight is 423 g/mol. The van der Waals surface area contributed by atoms with Crippen LogP contribution < -0.4 is 19.7 Å². The molecule has 3 heterocycles. The minimum atomic E-state index is -0.179. The third-order valence-electron chi connectivity index (χ3n) is 5.13. The number of aryl methyl sites for hydroxylation is 1. The maximum Gasteiger partial charge on any atom is 0.322 e. The molecular formula is C21H25N7O3. The van der Waals surface area contributed by atoms with Gasteiger partial charge in [0.1, 0.15) is 0 Å². The summed E-state index contributed by atoms with van der Waals surface area (Å²) in [4.78, 5) is 16.6. The van der Waals surface area contributed by atoms with E-state index in [4.69, 9.17) is 9.47 Å². The van der Waals surface area contributed by atoms with Crippen LogP contribution >= 0.6 is 0 Å². The van der Waals surface area contributed by atoms with Crippen LogP contribution in [0.25, 0.3) is 5.82 Å². The van der Waals surface area contributed by atoms with Gasteiger partial charge in [0, 0.05) is 32.4 Å². The molecule has 1 N–H and O–H groups in total. The molecule has 0 unspecified atom stereocenters. The van der Waals surface area contributed by atoms with Crippen LogP contribution in [0.4, 0.5) is 16.3 Å². The number of carbonyl (C=O) groups is 1. The molecule has 31 heavy (non-hydrogen) atoms. The number of methoxy groups -OCH3 is 2. The number of benzene rings is 1. The fourth-order valence-corrected chi connectivity index (χ4v) is 3.47. The van der Waals surface area contributed by atoms with Crippen LogP contribution in [0.2, 0.25) is 0 Å². The first-order valence-corrected chi connectivity index (χ1v) is 9.97. The molecule has 2 aromatic heterocycles. The monoisotopic (exact) mass is 423 g/mol. The Kier molecular flexibility index (Phi) is 5.87. The quantitative estimate of drug-likeness (QED) is 0.673. The molecule has 1 saturated heterocycles. The van der Waals surface area contributed by atoms with E-state index in [1.807, 2.05) is 37.4 Å². The van der Waals surface area contributed by atoms with E-state index in [2.05, 4.69) is 25.5 Å². The number of carbonyl (C=O) groups excluding carboxylic acids is 1. The molecule has 2 amide bonds. The SMILES string of the molecule is COc1cccc(NC(=O)N2CCN(c3ccc(-n4ccc(C)n4)nn3)CC2)c1OC. The van der Waals surface area contributed by atoms with Crippen molar-refractivity contribution >= 4 is 17.5 Å². The molecule has 0 spiro atoms. The molecule has 162 valence electrons. The first kappa shape index (κ1) is 20.5. The van der Waals surface area contributed by atoms with Gasteiger partial charge in [-0.2, -0.15) is 5.10 Å². The zero-order chi connectivity index (χ0) is 21.8. The summed E-state index contributed by atoms with van der Waals surface area (Å²) in [6.07, 6.45) is 1.85. The largest absolute Gasteiger partial charge is 0.493 e. The second-order valence-electron chi connectivity index (χ2n) is 7.10. The minimum absolute atomic E-state index is 0.179. The van der Waals surface area contributed by atoms with Gasteiger partial charge in [0.05, 0.1) is 25.6 Å². The van der Waals surface area contributed by atoms with Gasteiger partial charge in [-0.05, 0) is 37.3 Å². The van der Waals surface area contributed by atoms with Crippen LogP contribution in [0, 0.1) is 6.92 Å². The number of urea groups is 1. The van der Waals surface area contributed by atoms with Gasteiger partial charge in [0.15, 0.2) is 23.1 Å². The number of amides is 2. The molecule has 1 fully saturated rings. The highest BCUT2D eigenvalue weighted by Gasteiger charge is 2.23. The number of para-hydroxylation sites is 1. The predicted octanol–water partition coefficient (Wildman–Crippen LogP) is 2.34. The van der Waals surface area contributed by atoms with E-state index in [-0.39, 0.29) is 6.03 Å². The van der Waals surface area contributed by atoms with Crippen LogP contribution in [0.15, 0.2) is 42.6 Å². The normalized spacial score (nSPS) is 13.8. The van der Waals surface area contributed by atoms with Gasteiger partial charge in [0.2, 0.25) is 0 Å². The summed E-state index contributed by atoms with van der Waals surface area (Å²) in [6, 6.07) is 10.9. The molecule has 0 saturated carbocycles. The molecule has 1 aliphatic heterocycles. The first-order chi connectivity index (χ1) is 15.1. The Hall–Kier alpha value is -3.82. The third kappa shape index (κ3) is 4.37. The number of hydrogen-bond donors (Lipinski definition) is 1. The smallest absolute Gasteiger partial charge is 0.322 e. The van der Waals surface area contributed by atoms with E-state index >= 15 is 0 Å². The molecule has 4 rings (SSSR count). The van der Waals surface area contributed by atoms with E-state index < -0.39 is 0 Å². The van der Waals surface area contributed by atoms with E-state index in [9.17, 15) is 4.79 Å². The van der Waals surface area contributed by atoms with Crippen molar-refractivity contribution in [1.29, 1.82) is 0 Å². The summed E-state index contributed by atoms with van der Waals surface area (Å²) in [6.45, 7) is 4.40. The highest BCUT2D eigenvalue weighted by molar-refractivity contribution is 5.91. The Morgan fingerprint density at radius 2 is 1.71 bits per heavy atom. The van der Waals surface area contributed by atoms with Crippen LogP contribution in [-0.4, -0.2) is 71.3 Å². The number of nitrogens with one attached hydrogen (secondary N) is 1. The second kappa shape index (κ2) is 8.90. The number of anilines is 2. The standard InChI is InChI=1S/C21H25N7O3/c1-15-9-10-28(25-15)19-8-7-18(23-24-19)26-11-13-27(14-12-26)21(29)22-16-5-4-6-17(30-2)20(16)31-3/h4-10H,11-14H2,1-3H3,(H,22,29). The molecule has 1 aromatic carbocycles. The number of hydrogen-bond acceptors (Lipinski definition) is 7. The van der Waals surface area contributed by atoms with Crippen molar-refractivity contribution in [2.75, 3.05) is 50.6 Å². The molecule has 0 radical (unpaired) electrons. The lowest BCUT2D eigenvalue weighted by molar-refractivity contribution is 0.208. The lowest BCUT2D eigenvalue weighted by Gasteiger charge is -2.35. The van der Waals surface area contributed by atoms with Gasteiger partial charge in [-0.3, -0.25) is 0 Å².